The zero-order valence-corrected chi connectivity index (χ0v) is 10.8. The Morgan fingerprint density at radius 3 is 2.58 bits per heavy atom. The molecule has 0 aromatic heterocycles. The molecule has 0 heterocycles. The molecule has 0 amide bonds. The highest BCUT2D eigenvalue weighted by Crippen LogP contribution is 2.26. The van der Waals surface area contributed by atoms with Crippen molar-refractivity contribution in [3.63, 3.8) is 0 Å². The van der Waals surface area contributed by atoms with Crippen LogP contribution in [0.25, 0.3) is 0 Å². The van der Waals surface area contributed by atoms with Gasteiger partial charge in [-0.1, -0.05) is 18.2 Å². The SMILES string of the molecule is N=C(N)c1cc(F)ccc1CSc1ccccc1F. The van der Waals surface area contributed by atoms with E-state index in [-0.39, 0.29) is 11.7 Å². The monoisotopic (exact) mass is 278 g/mol. The van der Waals surface area contributed by atoms with Gasteiger partial charge in [-0.25, -0.2) is 8.78 Å². The Balaban J connectivity index is 2.20. The molecule has 0 fully saturated rings. The number of hydrogen-bond acceptors (Lipinski definition) is 2. The average Bonchev–Trinajstić information content (AvgIpc) is 2.38. The summed E-state index contributed by atoms with van der Waals surface area (Å²) in [5.41, 5.74) is 6.48. The van der Waals surface area contributed by atoms with Crippen LogP contribution in [-0.4, -0.2) is 5.84 Å². The highest BCUT2D eigenvalue weighted by atomic mass is 32.2. The van der Waals surface area contributed by atoms with Crippen LogP contribution in [0.4, 0.5) is 8.78 Å². The highest BCUT2D eigenvalue weighted by Gasteiger charge is 2.09. The fourth-order valence-corrected chi connectivity index (χ4v) is 2.59. The summed E-state index contributed by atoms with van der Waals surface area (Å²) in [6.07, 6.45) is 0. The summed E-state index contributed by atoms with van der Waals surface area (Å²) < 4.78 is 26.6. The smallest absolute Gasteiger partial charge is 0.136 e. The summed E-state index contributed by atoms with van der Waals surface area (Å²) in [6.45, 7) is 0. The molecule has 0 atom stereocenters. The van der Waals surface area contributed by atoms with Gasteiger partial charge in [-0.3, -0.25) is 5.41 Å². The van der Waals surface area contributed by atoms with Crippen molar-refractivity contribution in [2.45, 2.75) is 10.6 Å². The van der Waals surface area contributed by atoms with Crippen molar-refractivity contribution < 1.29 is 8.78 Å². The molecule has 0 aliphatic heterocycles. The zero-order chi connectivity index (χ0) is 13.8. The molecular weight excluding hydrogens is 266 g/mol. The van der Waals surface area contributed by atoms with Crippen LogP contribution < -0.4 is 5.73 Å². The highest BCUT2D eigenvalue weighted by molar-refractivity contribution is 7.98. The Hall–Kier alpha value is -1.88. The van der Waals surface area contributed by atoms with Crippen molar-refractivity contribution in [2.24, 2.45) is 5.73 Å². The van der Waals surface area contributed by atoms with Crippen LogP contribution >= 0.6 is 11.8 Å². The first-order chi connectivity index (χ1) is 9.08. The van der Waals surface area contributed by atoms with E-state index in [0.29, 0.717) is 21.8 Å². The molecule has 2 aromatic rings. The minimum absolute atomic E-state index is 0.191. The Bertz CT molecular complexity index is 614. The first-order valence-corrected chi connectivity index (χ1v) is 6.56. The van der Waals surface area contributed by atoms with E-state index in [1.54, 1.807) is 24.3 Å². The summed E-state index contributed by atoms with van der Waals surface area (Å²) in [6, 6.07) is 10.5. The maximum Gasteiger partial charge on any atom is 0.136 e. The summed E-state index contributed by atoms with van der Waals surface area (Å²) >= 11 is 1.29. The van der Waals surface area contributed by atoms with Crippen molar-refractivity contribution in [3.05, 3.63) is 65.2 Å². The molecule has 0 saturated heterocycles. The second-order valence-electron chi connectivity index (χ2n) is 3.93. The molecule has 3 N–H and O–H groups in total. The lowest BCUT2D eigenvalue weighted by Crippen LogP contribution is -2.13. The zero-order valence-electron chi connectivity index (χ0n) is 9.99. The van der Waals surface area contributed by atoms with Crippen LogP contribution in [0.2, 0.25) is 0 Å². The summed E-state index contributed by atoms with van der Waals surface area (Å²) in [5, 5.41) is 7.43. The average molecular weight is 278 g/mol. The van der Waals surface area contributed by atoms with Crippen LogP contribution in [0.15, 0.2) is 47.4 Å². The van der Waals surface area contributed by atoms with Gasteiger partial charge in [-0.05, 0) is 29.8 Å². The van der Waals surface area contributed by atoms with Crippen molar-refractivity contribution in [1.29, 1.82) is 5.41 Å². The number of thioether (sulfide) groups is 1. The van der Waals surface area contributed by atoms with Gasteiger partial charge in [0.05, 0.1) is 0 Å². The van der Waals surface area contributed by atoms with E-state index < -0.39 is 5.82 Å². The Morgan fingerprint density at radius 2 is 1.89 bits per heavy atom. The number of halogens is 2. The van der Waals surface area contributed by atoms with E-state index in [1.807, 2.05) is 0 Å². The molecule has 0 saturated carbocycles. The van der Waals surface area contributed by atoms with Crippen LogP contribution in [0, 0.1) is 17.0 Å². The maximum atomic E-state index is 13.5. The van der Waals surface area contributed by atoms with E-state index in [9.17, 15) is 8.78 Å². The number of rotatable bonds is 4. The lowest BCUT2D eigenvalue weighted by Gasteiger charge is -2.08. The Morgan fingerprint density at radius 1 is 1.16 bits per heavy atom. The predicted octanol–water partition coefficient (Wildman–Crippen LogP) is 3.54. The molecule has 19 heavy (non-hydrogen) atoms. The number of amidine groups is 1. The molecule has 0 aliphatic rings. The Kier molecular flexibility index (Phi) is 4.16. The standard InChI is InChI=1S/C14H12F2N2S/c15-10-6-5-9(11(7-10)14(17)18)8-19-13-4-2-1-3-12(13)16/h1-7H,8H2,(H3,17,18). The predicted molar refractivity (Wildman–Crippen MR) is 73.4 cm³/mol. The molecule has 0 bridgehead atoms. The third-order valence-corrected chi connectivity index (χ3v) is 3.68. The summed E-state index contributed by atoms with van der Waals surface area (Å²) in [5.74, 6) is -0.497. The van der Waals surface area contributed by atoms with E-state index in [1.165, 1.54) is 30.0 Å². The van der Waals surface area contributed by atoms with Crippen molar-refractivity contribution >= 4 is 17.6 Å². The quantitative estimate of drug-likeness (QED) is 0.510. The number of hydrogen-bond donors (Lipinski definition) is 2. The summed E-state index contributed by atoms with van der Waals surface area (Å²) in [4.78, 5) is 0.515. The number of nitrogens with two attached hydrogens (primary N) is 1. The first-order valence-electron chi connectivity index (χ1n) is 5.58. The van der Waals surface area contributed by atoms with E-state index in [2.05, 4.69) is 0 Å². The molecule has 2 rings (SSSR count). The van der Waals surface area contributed by atoms with E-state index >= 15 is 0 Å². The molecule has 0 aliphatic carbocycles. The third kappa shape index (κ3) is 3.32. The minimum Gasteiger partial charge on any atom is -0.384 e. The second-order valence-corrected chi connectivity index (χ2v) is 4.95. The number of nitrogen functional groups attached to an aromatic ring is 1. The molecule has 2 nitrogen and oxygen atoms in total. The van der Waals surface area contributed by atoms with Gasteiger partial charge in [0.15, 0.2) is 0 Å². The summed E-state index contributed by atoms with van der Waals surface area (Å²) in [7, 11) is 0. The molecule has 98 valence electrons. The molecule has 0 unspecified atom stereocenters. The van der Waals surface area contributed by atoms with Gasteiger partial charge in [0.25, 0.3) is 0 Å². The van der Waals surface area contributed by atoms with Gasteiger partial charge in [0.2, 0.25) is 0 Å². The topological polar surface area (TPSA) is 49.9 Å². The van der Waals surface area contributed by atoms with Gasteiger partial charge in [-0.15, -0.1) is 11.8 Å². The van der Waals surface area contributed by atoms with Gasteiger partial charge in [0.1, 0.15) is 17.5 Å². The lowest BCUT2D eigenvalue weighted by atomic mass is 10.1. The van der Waals surface area contributed by atoms with Crippen LogP contribution in [0.1, 0.15) is 11.1 Å². The Labute approximate surface area is 114 Å². The van der Waals surface area contributed by atoms with Crippen molar-refractivity contribution in [1.82, 2.24) is 0 Å². The molecule has 0 radical (unpaired) electrons. The molecule has 0 spiro atoms. The number of benzene rings is 2. The van der Waals surface area contributed by atoms with Crippen LogP contribution in [0.3, 0.4) is 0 Å². The first kappa shape index (κ1) is 13.5. The van der Waals surface area contributed by atoms with E-state index in [4.69, 9.17) is 11.1 Å². The van der Waals surface area contributed by atoms with Crippen molar-refractivity contribution in [3.8, 4) is 0 Å². The van der Waals surface area contributed by atoms with E-state index in [0.717, 1.165) is 0 Å². The molecule has 5 heteroatoms. The maximum absolute atomic E-state index is 13.5. The molecule has 2 aromatic carbocycles. The fraction of sp³-hybridized carbons (Fsp3) is 0.0714. The van der Waals surface area contributed by atoms with Gasteiger partial charge >= 0.3 is 0 Å². The number of nitrogens with one attached hydrogen (secondary N) is 1. The van der Waals surface area contributed by atoms with Crippen LogP contribution in [0.5, 0.6) is 0 Å². The molecular formula is C14H12F2N2S. The normalized spacial score (nSPS) is 10.4. The van der Waals surface area contributed by atoms with Gasteiger partial charge in [-0.2, -0.15) is 0 Å². The minimum atomic E-state index is -0.440. The lowest BCUT2D eigenvalue weighted by molar-refractivity contribution is 0.602. The van der Waals surface area contributed by atoms with Crippen molar-refractivity contribution in [2.75, 3.05) is 0 Å². The fourth-order valence-electron chi connectivity index (χ4n) is 1.64. The second kappa shape index (κ2) is 5.84. The van der Waals surface area contributed by atoms with Gasteiger partial charge in [0, 0.05) is 16.2 Å². The van der Waals surface area contributed by atoms with Gasteiger partial charge < -0.3 is 5.73 Å². The van der Waals surface area contributed by atoms with Crippen LogP contribution in [-0.2, 0) is 5.75 Å². The third-order valence-electron chi connectivity index (χ3n) is 2.58. The largest absolute Gasteiger partial charge is 0.384 e.